The van der Waals surface area contributed by atoms with Crippen LogP contribution in [0.4, 0.5) is 0 Å². The predicted molar refractivity (Wildman–Crippen MR) is 39.4 cm³/mol. The standard InChI is InChI=1S/C8H13NO/c9-8(6-1-2-6)7-3-4-10-5-7/h5-6,8H,1-4,9H2. The molecule has 0 saturated heterocycles. The Morgan fingerprint density at radius 1 is 1.60 bits per heavy atom. The fraction of sp³-hybridized carbons (Fsp3) is 0.750. The summed E-state index contributed by atoms with van der Waals surface area (Å²) in [4.78, 5) is 0. The van der Waals surface area contributed by atoms with Crippen LogP contribution in [0.5, 0.6) is 0 Å². The van der Waals surface area contributed by atoms with Crippen molar-refractivity contribution in [1.82, 2.24) is 0 Å². The monoisotopic (exact) mass is 139 g/mol. The van der Waals surface area contributed by atoms with Gasteiger partial charge in [-0.25, -0.2) is 0 Å². The molecule has 0 amide bonds. The largest absolute Gasteiger partial charge is 0.501 e. The summed E-state index contributed by atoms with van der Waals surface area (Å²) in [5, 5.41) is 0. The maximum atomic E-state index is 5.94. The minimum atomic E-state index is 0.308. The van der Waals surface area contributed by atoms with Gasteiger partial charge in [0, 0.05) is 12.5 Å². The third-order valence-corrected chi connectivity index (χ3v) is 2.30. The first-order valence-electron chi connectivity index (χ1n) is 3.94. The van der Waals surface area contributed by atoms with Crippen LogP contribution in [-0.2, 0) is 4.74 Å². The van der Waals surface area contributed by atoms with Crippen LogP contribution in [0.2, 0.25) is 0 Å². The van der Waals surface area contributed by atoms with Gasteiger partial charge in [0.25, 0.3) is 0 Å². The normalized spacial score (nSPS) is 27.5. The van der Waals surface area contributed by atoms with Crippen LogP contribution in [-0.4, -0.2) is 12.6 Å². The van der Waals surface area contributed by atoms with Crippen molar-refractivity contribution < 1.29 is 4.74 Å². The van der Waals surface area contributed by atoms with Crippen molar-refractivity contribution in [2.24, 2.45) is 11.7 Å². The van der Waals surface area contributed by atoms with E-state index in [1.807, 2.05) is 6.26 Å². The molecule has 0 aromatic carbocycles. The summed E-state index contributed by atoms with van der Waals surface area (Å²) in [5.74, 6) is 0.771. The molecule has 1 aliphatic carbocycles. The molecule has 1 heterocycles. The fourth-order valence-electron chi connectivity index (χ4n) is 1.40. The molecule has 2 N–H and O–H groups in total. The van der Waals surface area contributed by atoms with Gasteiger partial charge in [0.1, 0.15) is 0 Å². The Kier molecular flexibility index (Phi) is 1.42. The molecular weight excluding hydrogens is 126 g/mol. The van der Waals surface area contributed by atoms with E-state index in [4.69, 9.17) is 10.5 Å². The second-order valence-corrected chi connectivity index (χ2v) is 3.18. The maximum absolute atomic E-state index is 5.94. The first kappa shape index (κ1) is 6.23. The Labute approximate surface area is 61.0 Å². The zero-order valence-electron chi connectivity index (χ0n) is 6.05. The molecule has 1 saturated carbocycles. The highest BCUT2D eigenvalue weighted by Crippen LogP contribution is 2.36. The highest BCUT2D eigenvalue weighted by Gasteiger charge is 2.31. The van der Waals surface area contributed by atoms with Crippen LogP contribution < -0.4 is 5.73 Å². The second-order valence-electron chi connectivity index (χ2n) is 3.18. The smallest absolute Gasteiger partial charge is 0.0912 e. The van der Waals surface area contributed by atoms with Crippen LogP contribution >= 0.6 is 0 Å². The average molecular weight is 139 g/mol. The lowest BCUT2D eigenvalue weighted by Gasteiger charge is -2.08. The van der Waals surface area contributed by atoms with Crippen LogP contribution in [0.1, 0.15) is 19.3 Å². The van der Waals surface area contributed by atoms with Crippen molar-refractivity contribution in [2.75, 3.05) is 6.61 Å². The first-order valence-corrected chi connectivity index (χ1v) is 3.94. The number of rotatable bonds is 2. The summed E-state index contributed by atoms with van der Waals surface area (Å²) in [6.45, 7) is 0.843. The lowest BCUT2D eigenvalue weighted by Crippen LogP contribution is -2.24. The van der Waals surface area contributed by atoms with Crippen LogP contribution in [0.25, 0.3) is 0 Å². The molecule has 2 rings (SSSR count). The van der Waals surface area contributed by atoms with Gasteiger partial charge < -0.3 is 10.5 Å². The fourth-order valence-corrected chi connectivity index (χ4v) is 1.40. The van der Waals surface area contributed by atoms with E-state index < -0.39 is 0 Å². The molecule has 2 nitrogen and oxygen atoms in total. The SMILES string of the molecule is NC(C1=COCC1)C1CC1. The van der Waals surface area contributed by atoms with Crippen LogP contribution in [0.15, 0.2) is 11.8 Å². The van der Waals surface area contributed by atoms with E-state index in [1.54, 1.807) is 0 Å². The molecule has 0 bridgehead atoms. The molecule has 2 aliphatic rings. The van der Waals surface area contributed by atoms with E-state index in [9.17, 15) is 0 Å². The van der Waals surface area contributed by atoms with Crippen molar-refractivity contribution in [1.29, 1.82) is 0 Å². The van der Waals surface area contributed by atoms with Gasteiger partial charge in [0.2, 0.25) is 0 Å². The molecule has 0 spiro atoms. The molecule has 1 unspecified atom stereocenters. The summed E-state index contributed by atoms with van der Waals surface area (Å²) in [6.07, 6.45) is 5.54. The molecule has 0 aromatic rings. The highest BCUT2D eigenvalue weighted by atomic mass is 16.5. The molecule has 0 radical (unpaired) electrons. The van der Waals surface area contributed by atoms with Crippen molar-refractivity contribution in [3.63, 3.8) is 0 Å². The topological polar surface area (TPSA) is 35.2 Å². The summed E-state index contributed by atoms with van der Waals surface area (Å²) in [5.41, 5.74) is 7.26. The summed E-state index contributed by atoms with van der Waals surface area (Å²) in [7, 11) is 0. The Morgan fingerprint density at radius 3 is 2.90 bits per heavy atom. The number of hydrogen-bond acceptors (Lipinski definition) is 2. The Balaban J connectivity index is 1.95. The Hall–Kier alpha value is -0.500. The number of hydrogen-bond donors (Lipinski definition) is 1. The quantitative estimate of drug-likeness (QED) is 0.620. The van der Waals surface area contributed by atoms with E-state index in [0.717, 1.165) is 18.9 Å². The summed E-state index contributed by atoms with van der Waals surface area (Å²) < 4.78 is 5.11. The Morgan fingerprint density at radius 2 is 2.40 bits per heavy atom. The molecule has 56 valence electrons. The minimum absolute atomic E-state index is 0.308. The lowest BCUT2D eigenvalue weighted by molar-refractivity contribution is 0.281. The van der Waals surface area contributed by atoms with Gasteiger partial charge in [-0.2, -0.15) is 0 Å². The molecule has 2 heteroatoms. The summed E-state index contributed by atoms with van der Waals surface area (Å²) >= 11 is 0. The predicted octanol–water partition coefficient (Wildman–Crippen LogP) is 1.03. The van der Waals surface area contributed by atoms with E-state index in [1.165, 1.54) is 18.4 Å². The van der Waals surface area contributed by atoms with E-state index in [0.29, 0.717) is 6.04 Å². The van der Waals surface area contributed by atoms with Gasteiger partial charge in [0.15, 0.2) is 0 Å². The van der Waals surface area contributed by atoms with Crippen molar-refractivity contribution >= 4 is 0 Å². The van der Waals surface area contributed by atoms with Gasteiger partial charge in [-0.3, -0.25) is 0 Å². The highest BCUT2D eigenvalue weighted by molar-refractivity contribution is 5.14. The van der Waals surface area contributed by atoms with E-state index in [-0.39, 0.29) is 0 Å². The number of nitrogens with two attached hydrogens (primary N) is 1. The molecule has 1 atom stereocenters. The minimum Gasteiger partial charge on any atom is -0.501 e. The third kappa shape index (κ3) is 1.03. The van der Waals surface area contributed by atoms with Crippen molar-refractivity contribution in [3.05, 3.63) is 11.8 Å². The molecular formula is C8H13NO. The average Bonchev–Trinajstić information content (AvgIpc) is 2.65. The molecule has 1 aliphatic heterocycles. The summed E-state index contributed by atoms with van der Waals surface area (Å²) in [6, 6.07) is 0.308. The zero-order valence-corrected chi connectivity index (χ0v) is 6.05. The van der Waals surface area contributed by atoms with Crippen LogP contribution in [0, 0.1) is 5.92 Å². The van der Waals surface area contributed by atoms with Gasteiger partial charge in [-0.15, -0.1) is 0 Å². The third-order valence-electron chi connectivity index (χ3n) is 2.30. The first-order chi connectivity index (χ1) is 4.88. The molecule has 1 fully saturated rings. The number of ether oxygens (including phenoxy) is 1. The second kappa shape index (κ2) is 2.27. The van der Waals surface area contributed by atoms with E-state index in [2.05, 4.69) is 0 Å². The molecule has 10 heavy (non-hydrogen) atoms. The van der Waals surface area contributed by atoms with Gasteiger partial charge in [-0.1, -0.05) is 0 Å². The zero-order chi connectivity index (χ0) is 6.97. The lowest BCUT2D eigenvalue weighted by atomic mass is 10.0. The van der Waals surface area contributed by atoms with Crippen molar-refractivity contribution in [2.45, 2.75) is 25.3 Å². The van der Waals surface area contributed by atoms with Crippen molar-refractivity contribution in [3.8, 4) is 0 Å². The Bertz CT molecular complexity index is 161. The van der Waals surface area contributed by atoms with E-state index >= 15 is 0 Å². The van der Waals surface area contributed by atoms with Gasteiger partial charge in [-0.05, 0) is 24.3 Å². The maximum Gasteiger partial charge on any atom is 0.0912 e. The van der Waals surface area contributed by atoms with Gasteiger partial charge in [0.05, 0.1) is 12.9 Å². The van der Waals surface area contributed by atoms with Crippen LogP contribution in [0.3, 0.4) is 0 Å². The van der Waals surface area contributed by atoms with Gasteiger partial charge >= 0.3 is 0 Å². The molecule has 0 aromatic heterocycles.